The number of piperidine rings is 1. The number of rotatable bonds is 1. The molecule has 1 fully saturated rings. The Kier molecular flexibility index (Phi) is 2.40. The highest BCUT2D eigenvalue weighted by Crippen LogP contribution is 2.29. The summed E-state index contributed by atoms with van der Waals surface area (Å²) in [6.07, 6.45) is 1.02. The van der Waals surface area contributed by atoms with Crippen molar-refractivity contribution < 1.29 is 9.59 Å². The van der Waals surface area contributed by atoms with Gasteiger partial charge in [0.2, 0.25) is 11.8 Å². The molecule has 1 aromatic carbocycles. The fraction of sp³-hybridized carbons (Fsp3) is 0.308. The standard InChI is InChI=1S/C13H13N3O2/c1-8-6-7-11(17)16(13(8)18)12-9-4-2-3-5-10(9)14-15-12/h2-5,8H,6-7H2,1H3,(H,14,15). The molecule has 0 bridgehead atoms. The molecule has 2 heterocycles. The van der Waals surface area contributed by atoms with Crippen LogP contribution in [0.1, 0.15) is 19.8 Å². The number of fused-ring (bicyclic) bond motifs is 1. The third-order valence-electron chi connectivity index (χ3n) is 3.34. The van der Waals surface area contributed by atoms with E-state index in [1.54, 1.807) is 0 Å². The first-order chi connectivity index (χ1) is 8.68. The number of para-hydroxylation sites is 1. The molecule has 1 unspecified atom stereocenters. The van der Waals surface area contributed by atoms with Gasteiger partial charge < -0.3 is 0 Å². The van der Waals surface area contributed by atoms with Crippen LogP contribution in [-0.2, 0) is 9.59 Å². The fourth-order valence-electron chi connectivity index (χ4n) is 2.26. The van der Waals surface area contributed by atoms with E-state index in [1.165, 1.54) is 4.90 Å². The maximum Gasteiger partial charge on any atom is 0.237 e. The molecule has 0 aliphatic carbocycles. The van der Waals surface area contributed by atoms with Gasteiger partial charge in [-0.15, -0.1) is 0 Å². The number of amides is 2. The second-order valence-corrected chi connectivity index (χ2v) is 4.60. The molecule has 1 saturated heterocycles. The third-order valence-corrected chi connectivity index (χ3v) is 3.34. The Morgan fingerprint density at radius 2 is 2.11 bits per heavy atom. The number of anilines is 1. The number of H-pyrrole nitrogens is 1. The summed E-state index contributed by atoms with van der Waals surface area (Å²) in [5, 5.41) is 7.76. The Labute approximate surface area is 104 Å². The van der Waals surface area contributed by atoms with E-state index in [0.29, 0.717) is 18.7 Å². The summed E-state index contributed by atoms with van der Waals surface area (Å²) in [5.74, 6) is -0.0378. The maximum absolute atomic E-state index is 12.1. The van der Waals surface area contributed by atoms with Crippen LogP contribution in [0.2, 0.25) is 0 Å². The van der Waals surface area contributed by atoms with Gasteiger partial charge in [-0.1, -0.05) is 19.1 Å². The van der Waals surface area contributed by atoms with Crippen molar-refractivity contribution in [1.29, 1.82) is 0 Å². The molecule has 2 amide bonds. The van der Waals surface area contributed by atoms with E-state index in [4.69, 9.17) is 0 Å². The monoisotopic (exact) mass is 243 g/mol. The van der Waals surface area contributed by atoms with Crippen LogP contribution < -0.4 is 4.90 Å². The minimum atomic E-state index is -0.171. The lowest BCUT2D eigenvalue weighted by Crippen LogP contribution is -2.44. The van der Waals surface area contributed by atoms with Crippen molar-refractivity contribution >= 4 is 28.5 Å². The van der Waals surface area contributed by atoms with E-state index in [1.807, 2.05) is 31.2 Å². The maximum atomic E-state index is 12.1. The summed E-state index contributed by atoms with van der Waals surface area (Å²) in [4.78, 5) is 25.3. The Hall–Kier alpha value is -2.17. The zero-order valence-electron chi connectivity index (χ0n) is 10.0. The van der Waals surface area contributed by atoms with Crippen LogP contribution in [0.4, 0.5) is 5.82 Å². The average molecular weight is 243 g/mol. The molecule has 1 aliphatic heterocycles. The van der Waals surface area contributed by atoms with Gasteiger partial charge in [0, 0.05) is 17.7 Å². The zero-order valence-corrected chi connectivity index (χ0v) is 10.0. The van der Waals surface area contributed by atoms with E-state index >= 15 is 0 Å². The molecule has 92 valence electrons. The summed E-state index contributed by atoms with van der Waals surface area (Å²) in [6.45, 7) is 1.84. The number of aromatic nitrogens is 2. The molecule has 1 atom stereocenters. The van der Waals surface area contributed by atoms with Crippen LogP contribution in [0.3, 0.4) is 0 Å². The van der Waals surface area contributed by atoms with Crippen LogP contribution >= 0.6 is 0 Å². The van der Waals surface area contributed by atoms with Gasteiger partial charge in [-0.2, -0.15) is 5.10 Å². The topological polar surface area (TPSA) is 66.1 Å². The predicted octanol–water partition coefficient (Wildman–Crippen LogP) is 1.85. The van der Waals surface area contributed by atoms with Gasteiger partial charge in [-0.25, -0.2) is 4.90 Å². The van der Waals surface area contributed by atoms with Gasteiger partial charge in [-0.05, 0) is 18.6 Å². The number of benzene rings is 1. The van der Waals surface area contributed by atoms with Crippen molar-refractivity contribution in [3.05, 3.63) is 24.3 Å². The smallest absolute Gasteiger partial charge is 0.237 e. The molecular weight excluding hydrogens is 230 g/mol. The Morgan fingerprint density at radius 1 is 1.33 bits per heavy atom. The molecule has 0 spiro atoms. The molecule has 5 nitrogen and oxygen atoms in total. The first kappa shape index (κ1) is 11.0. The summed E-state index contributed by atoms with van der Waals surface area (Å²) in [5.41, 5.74) is 0.825. The third kappa shape index (κ3) is 1.51. The number of carbonyl (C=O) groups is 2. The second kappa shape index (κ2) is 3.94. The summed E-state index contributed by atoms with van der Waals surface area (Å²) < 4.78 is 0. The quantitative estimate of drug-likeness (QED) is 0.777. The molecule has 3 rings (SSSR count). The molecule has 0 radical (unpaired) electrons. The van der Waals surface area contributed by atoms with Gasteiger partial charge in [0.05, 0.1) is 5.52 Å². The van der Waals surface area contributed by atoms with Crippen molar-refractivity contribution in [1.82, 2.24) is 10.2 Å². The van der Waals surface area contributed by atoms with Crippen LogP contribution in [-0.4, -0.2) is 22.0 Å². The van der Waals surface area contributed by atoms with E-state index in [2.05, 4.69) is 10.2 Å². The number of hydrogen-bond donors (Lipinski definition) is 1. The van der Waals surface area contributed by atoms with Gasteiger partial charge in [0.15, 0.2) is 5.82 Å². The van der Waals surface area contributed by atoms with Crippen molar-refractivity contribution in [2.75, 3.05) is 4.90 Å². The predicted molar refractivity (Wildman–Crippen MR) is 67.0 cm³/mol. The van der Waals surface area contributed by atoms with Crippen LogP contribution in [0.5, 0.6) is 0 Å². The van der Waals surface area contributed by atoms with Gasteiger partial charge in [-0.3, -0.25) is 14.7 Å². The summed E-state index contributed by atoms with van der Waals surface area (Å²) in [6, 6.07) is 7.47. The minimum absolute atomic E-state index is 0.127. The van der Waals surface area contributed by atoms with Crippen LogP contribution in [0, 0.1) is 5.92 Å². The van der Waals surface area contributed by atoms with E-state index in [9.17, 15) is 9.59 Å². The number of imide groups is 1. The second-order valence-electron chi connectivity index (χ2n) is 4.60. The SMILES string of the molecule is CC1CCC(=O)N(c2n[nH]c3ccccc23)C1=O. The molecule has 5 heteroatoms. The Bertz CT molecular complexity index is 632. The van der Waals surface area contributed by atoms with Crippen molar-refractivity contribution in [2.24, 2.45) is 5.92 Å². The number of nitrogens with zero attached hydrogens (tertiary/aromatic N) is 2. The number of nitrogens with one attached hydrogen (secondary N) is 1. The van der Waals surface area contributed by atoms with E-state index in [-0.39, 0.29) is 17.7 Å². The van der Waals surface area contributed by atoms with Gasteiger partial charge >= 0.3 is 0 Å². The van der Waals surface area contributed by atoms with Crippen LogP contribution in [0.25, 0.3) is 10.9 Å². The van der Waals surface area contributed by atoms with Crippen molar-refractivity contribution in [3.63, 3.8) is 0 Å². The van der Waals surface area contributed by atoms with Crippen LogP contribution in [0.15, 0.2) is 24.3 Å². The first-order valence-corrected chi connectivity index (χ1v) is 5.98. The Morgan fingerprint density at radius 3 is 2.94 bits per heavy atom. The fourth-order valence-corrected chi connectivity index (χ4v) is 2.26. The lowest BCUT2D eigenvalue weighted by Gasteiger charge is -2.27. The number of carbonyl (C=O) groups excluding carboxylic acids is 2. The average Bonchev–Trinajstić information content (AvgIpc) is 2.79. The lowest BCUT2D eigenvalue weighted by molar-refractivity contribution is -0.131. The van der Waals surface area contributed by atoms with E-state index < -0.39 is 0 Å². The molecule has 0 saturated carbocycles. The zero-order chi connectivity index (χ0) is 12.7. The highest BCUT2D eigenvalue weighted by Gasteiger charge is 2.34. The van der Waals surface area contributed by atoms with Crippen molar-refractivity contribution in [2.45, 2.75) is 19.8 Å². The largest absolute Gasteiger partial charge is 0.276 e. The Balaban J connectivity index is 2.13. The summed E-state index contributed by atoms with van der Waals surface area (Å²) in [7, 11) is 0. The highest BCUT2D eigenvalue weighted by atomic mass is 16.2. The minimum Gasteiger partial charge on any atom is -0.276 e. The normalized spacial score (nSPS) is 20.7. The lowest BCUT2D eigenvalue weighted by atomic mass is 9.98. The highest BCUT2D eigenvalue weighted by molar-refractivity contribution is 6.19. The van der Waals surface area contributed by atoms with Crippen molar-refractivity contribution in [3.8, 4) is 0 Å². The van der Waals surface area contributed by atoms with Gasteiger partial charge in [0.1, 0.15) is 0 Å². The van der Waals surface area contributed by atoms with Gasteiger partial charge in [0.25, 0.3) is 0 Å². The molecule has 1 aromatic heterocycles. The molecule has 2 aromatic rings. The molecule has 18 heavy (non-hydrogen) atoms. The molecule has 1 aliphatic rings. The molecular formula is C13H13N3O2. The first-order valence-electron chi connectivity index (χ1n) is 5.98. The number of hydrogen-bond acceptors (Lipinski definition) is 3. The number of aromatic amines is 1. The summed E-state index contributed by atoms with van der Waals surface area (Å²) >= 11 is 0. The van der Waals surface area contributed by atoms with E-state index in [0.717, 1.165) is 10.9 Å². The molecule has 1 N–H and O–H groups in total.